The number of methoxy groups -OCH3 is 1. The van der Waals surface area contributed by atoms with E-state index in [1.807, 2.05) is 0 Å². The predicted octanol–water partition coefficient (Wildman–Crippen LogP) is 3.35. The van der Waals surface area contributed by atoms with Gasteiger partial charge in [-0.1, -0.05) is 6.07 Å². The number of rotatable bonds is 4. The van der Waals surface area contributed by atoms with Gasteiger partial charge < -0.3 is 10.1 Å². The molecule has 0 aliphatic heterocycles. The lowest BCUT2D eigenvalue weighted by atomic mass is 10.1. The molecule has 0 aliphatic carbocycles. The van der Waals surface area contributed by atoms with E-state index < -0.39 is 52.9 Å². The third kappa shape index (κ3) is 3.76. The molecule has 1 amide bonds. The summed E-state index contributed by atoms with van der Waals surface area (Å²) in [5.41, 5.74) is -1.08. The Morgan fingerprint density at radius 1 is 0.960 bits per heavy atom. The van der Waals surface area contributed by atoms with Gasteiger partial charge in [-0.25, -0.2) is 26.7 Å². The van der Waals surface area contributed by atoms with E-state index in [9.17, 15) is 31.5 Å². The molecule has 0 saturated carbocycles. The lowest BCUT2D eigenvalue weighted by molar-refractivity contribution is -0.115. The summed E-state index contributed by atoms with van der Waals surface area (Å²) in [5, 5.41) is 2.20. The summed E-state index contributed by atoms with van der Waals surface area (Å²) >= 11 is 0. The van der Waals surface area contributed by atoms with Gasteiger partial charge in [-0.05, 0) is 18.2 Å². The van der Waals surface area contributed by atoms with Gasteiger partial charge in [-0.2, -0.15) is 0 Å². The van der Waals surface area contributed by atoms with E-state index >= 15 is 0 Å². The van der Waals surface area contributed by atoms with Gasteiger partial charge in [0.25, 0.3) is 0 Å². The highest BCUT2D eigenvalue weighted by Gasteiger charge is 2.26. The molecule has 0 fully saturated rings. The topological polar surface area (TPSA) is 55.4 Å². The first kappa shape index (κ1) is 18.4. The molecule has 0 atom stereocenters. The van der Waals surface area contributed by atoms with Crippen LogP contribution >= 0.6 is 0 Å². The summed E-state index contributed by atoms with van der Waals surface area (Å²) in [6.45, 7) is 0. The standard InChI is InChI=1S/C16H10F5NO3/c1-25-16(24)7-3-2-4-8(5-7)22-10(23)6-9-11(17)13(19)15(21)14(20)12(9)18/h2-5H,6H2,1H3,(H,22,23). The van der Waals surface area contributed by atoms with Crippen LogP contribution in [0.5, 0.6) is 0 Å². The highest BCUT2D eigenvalue weighted by molar-refractivity contribution is 5.95. The fraction of sp³-hybridized carbons (Fsp3) is 0.125. The minimum atomic E-state index is -2.30. The SMILES string of the molecule is COC(=O)c1cccc(NC(=O)Cc2c(F)c(F)c(F)c(F)c2F)c1. The molecule has 2 aromatic rings. The Kier molecular flexibility index (Phi) is 5.35. The second kappa shape index (κ2) is 7.29. The van der Waals surface area contributed by atoms with Gasteiger partial charge in [0.1, 0.15) is 0 Å². The van der Waals surface area contributed by atoms with Gasteiger partial charge in [0, 0.05) is 11.3 Å². The van der Waals surface area contributed by atoms with Crippen LogP contribution in [0.3, 0.4) is 0 Å². The van der Waals surface area contributed by atoms with Crippen molar-refractivity contribution in [3.05, 3.63) is 64.5 Å². The van der Waals surface area contributed by atoms with Crippen LogP contribution in [0.4, 0.5) is 27.6 Å². The van der Waals surface area contributed by atoms with Crippen molar-refractivity contribution in [3.63, 3.8) is 0 Å². The molecule has 9 heteroatoms. The number of carbonyl (C=O) groups excluding carboxylic acids is 2. The summed E-state index contributed by atoms with van der Waals surface area (Å²) < 4.78 is 70.8. The normalized spacial score (nSPS) is 10.5. The van der Waals surface area contributed by atoms with Gasteiger partial charge in [0.15, 0.2) is 23.3 Å². The number of nitrogens with one attached hydrogen (secondary N) is 1. The number of amides is 1. The first-order valence-electron chi connectivity index (χ1n) is 6.74. The number of hydrogen-bond donors (Lipinski definition) is 1. The van der Waals surface area contributed by atoms with Crippen molar-refractivity contribution in [3.8, 4) is 0 Å². The molecule has 25 heavy (non-hydrogen) atoms. The number of ether oxygens (including phenoxy) is 1. The largest absolute Gasteiger partial charge is 0.465 e. The average Bonchev–Trinajstić information content (AvgIpc) is 2.61. The van der Waals surface area contributed by atoms with Crippen molar-refractivity contribution in [2.75, 3.05) is 12.4 Å². The summed E-state index contributed by atoms with van der Waals surface area (Å²) in [5.74, 6) is -12.4. The summed E-state index contributed by atoms with van der Waals surface area (Å²) in [6.07, 6.45) is -1.09. The molecule has 0 unspecified atom stereocenters. The Labute approximate surface area is 138 Å². The maximum Gasteiger partial charge on any atom is 0.337 e. The van der Waals surface area contributed by atoms with Crippen molar-refractivity contribution < 1.29 is 36.3 Å². The van der Waals surface area contributed by atoms with Gasteiger partial charge >= 0.3 is 5.97 Å². The minimum absolute atomic E-state index is 0.0803. The molecule has 2 aromatic carbocycles. The number of benzene rings is 2. The highest BCUT2D eigenvalue weighted by Crippen LogP contribution is 2.23. The maximum absolute atomic E-state index is 13.6. The molecule has 132 valence electrons. The van der Waals surface area contributed by atoms with E-state index in [0.29, 0.717) is 0 Å². The molecule has 0 heterocycles. The number of esters is 1. The molecule has 0 aromatic heterocycles. The smallest absolute Gasteiger partial charge is 0.337 e. The zero-order chi connectivity index (χ0) is 18.7. The van der Waals surface area contributed by atoms with E-state index in [1.54, 1.807) is 0 Å². The maximum atomic E-state index is 13.6. The molecule has 4 nitrogen and oxygen atoms in total. The van der Waals surface area contributed by atoms with Crippen LogP contribution in [0.1, 0.15) is 15.9 Å². The van der Waals surface area contributed by atoms with E-state index in [0.717, 1.165) is 7.11 Å². The van der Waals surface area contributed by atoms with Crippen molar-refractivity contribution in [1.82, 2.24) is 0 Å². The van der Waals surface area contributed by atoms with Crippen LogP contribution in [-0.4, -0.2) is 19.0 Å². The van der Waals surface area contributed by atoms with Gasteiger partial charge in [-0.3, -0.25) is 4.79 Å². The number of anilines is 1. The monoisotopic (exact) mass is 359 g/mol. The molecule has 0 bridgehead atoms. The lowest BCUT2D eigenvalue weighted by Crippen LogP contribution is -2.18. The van der Waals surface area contributed by atoms with Crippen LogP contribution in [0.25, 0.3) is 0 Å². The Bertz CT molecular complexity index is 825. The molecule has 2 rings (SSSR count). The summed E-state index contributed by atoms with van der Waals surface area (Å²) in [4.78, 5) is 23.2. The third-order valence-corrected chi connectivity index (χ3v) is 3.21. The lowest BCUT2D eigenvalue weighted by Gasteiger charge is -2.09. The van der Waals surface area contributed by atoms with E-state index in [1.165, 1.54) is 24.3 Å². The van der Waals surface area contributed by atoms with E-state index in [-0.39, 0.29) is 11.3 Å². The summed E-state index contributed by atoms with van der Waals surface area (Å²) in [7, 11) is 1.15. The Balaban J connectivity index is 2.23. The molecule has 0 saturated heterocycles. The van der Waals surface area contributed by atoms with E-state index in [2.05, 4.69) is 10.1 Å². The van der Waals surface area contributed by atoms with Crippen molar-refractivity contribution >= 4 is 17.6 Å². The first-order valence-corrected chi connectivity index (χ1v) is 6.74. The average molecular weight is 359 g/mol. The van der Waals surface area contributed by atoms with Crippen LogP contribution in [0, 0.1) is 29.1 Å². The van der Waals surface area contributed by atoms with Crippen molar-refractivity contribution in [2.24, 2.45) is 0 Å². The molecule has 1 N–H and O–H groups in total. The fourth-order valence-corrected chi connectivity index (χ4v) is 2.01. The van der Waals surface area contributed by atoms with Gasteiger partial charge in [0.05, 0.1) is 19.1 Å². The van der Waals surface area contributed by atoms with E-state index in [4.69, 9.17) is 0 Å². The Hall–Kier alpha value is -2.97. The second-order valence-electron chi connectivity index (χ2n) is 4.85. The third-order valence-electron chi connectivity index (χ3n) is 3.21. The predicted molar refractivity (Wildman–Crippen MR) is 76.3 cm³/mol. The number of carbonyl (C=O) groups is 2. The van der Waals surface area contributed by atoms with Crippen LogP contribution < -0.4 is 5.32 Å². The molecule has 0 radical (unpaired) electrons. The second-order valence-corrected chi connectivity index (χ2v) is 4.85. The van der Waals surface area contributed by atoms with Crippen molar-refractivity contribution in [2.45, 2.75) is 6.42 Å². The quantitative estimate of drug-likeness (QED) is 0.394. The van der Waals surface area contributed by atoms with Gasteiger partial charge in [-0.15, -0.1) is 0 Å². The molecular weight excluding hydrogens is 349 g/mol. The zero-order valence-corrected chi connectivity index (χ0v) is 12.6. The van der Waals surface area contributed by atoms with Crippen LogP contribution in [0.15, 0.2) is 24.3 Å². The molecule has 0 aliphatic rings. The summed E-state index contributed by atoms with van der Waals surface area (Å²) in [6, 6.07) is 5.39. The Morgan fingerprint density at radius 2 is 1.52 bits per heavy atom. The number of hydrogen-bond acceptors (Lipinski definition) is 3. The molecular formula is C16H10F5NO3. The zero-order valence-electron chi connectivity index (χ0n) is 12.6. The Morgan fingerprint density at radius 3 is 2.08 bits per heavy atom. The van der Waals surface area contributed by atoms with Crippen LogP contribution in [-0.2, 0) is 16.0 Å². The van der Waals surface area contributed by atoms with Gasteiger partial charge in [0.2, 0.25) is 11.7 Å². The van der Waals surface area contributed by atoms with Crippen molar-refractivity contribution in [1.29, 1.82) is 0 Å². The van der Waals surface area contributed by atoms with Crippen LogP contribution in [0.2, 0.25) is 0 Å². The number of halogens is 5. The first-order chi connectivity index (χ1) is 11.8. The highest BCUT2D eigenvalue weighted by atomic mass is 19.2. The minimum Gasteiger partial charge on any atom is -0.465 e. The fourth-order valence-electron chi connectivity index (χ4n) is 2.01. The molecule has 0 spiro atoms.